The van der Waals surface area contributed by atoms with Gasteiger partial charge in [-0.1, -0.05) is 92.9 Å². The highest BCUT2D eigenvalue weighted by Gasteiger charge is 2.84. The number of carboxylic acid groups (broad SMARTS) is 1. The Balaban J connectivity index is 1.28. The molecule has 7 unspecified atom stereocenters. The van der Waals surface area contributed by atoms with Gasteiger partial charge in [0.2, 0.25) is 0 Å². The molecular formula is C44H54O12S. The van der Waals surface area contributed by atoms with Crippen LogP contribution in [0.3, 0.4) is 0 Å². The standard InChI is InChI=1S/C44H54O12S/c1-7-19-51-36-29(6)54-39(38(55-41(48)52-23-30-11-9-8-10-12-30)37(36)56-57(49,50)32-16-13-27(4)14-17-32)53-25-43-22-33-28(5)15-18-34(33)42(24-45)21-31(43)20-35(26(2)3)44(42,43)40(46)47/h7-14,16-17,20,24,26,28-29,31,33-34,36-39H,1,15,18-19,21-23,25H2,2-6H3,(H,46,47)/t28?,29-,31?,33?,34?,36-,37-,38+,39-,42?,43?,44?/m1/s1. The van der Waals surface area contributed by atoms with Gasteiger partial charge in [0.15, 0.2) is 12.4 Å². The first-order valence-corrected chi connectivity index (χ1v) is 21.4. The zero-order chi connectivity index (χ0) is 40.9. The number of fused-ring (bicyclic) bond motifs is 2. The molecule has 1 saturated heterocycles. The molecule has 5 aliphatic rings. The molecule has 3 saturated carbocycles. The summed E-state index contributed by atoms with van der Waals surface area (Å²) < 4.78 is 64.6. The predicted molar refractivity (Wildman–Crippen MR) is 207 cm³/mol. The lowest BCUT2D eigenvalue weighted by atomic mass is 9.43. The van der Waals surface area contributed by atoms with Crippen molar-refractivity contribution in [2.24, 2.45) is 45.8 Å². The van der Waals surface area contributed by atoms with Gasteiger partial charge in [0.25, 0.3) is 10.1 Å². The van der Waals surface area contributed by atoms with Gasteiger partial charge in [0, 0.05) is 5.41 Å². The summed E-state index contributed by atoms with van der Waals surface area (Å²) in [5.41, 5.74) is -1.47. The maximum atomic E-state index is 14.1. The van der Waals surface area contributed by atoms with Crippen molar-refractivity contribution in [2.45, 2.75) is 103 Å². The lowest BCUT2D eigenvalue weighted by Crippen LogP contribution is -2.65. The highest BCUT2D eigenvalue weighted by molar-refractivity contribution is 7.86. The molecule has 0 aromatic heterocycles. The minimum atomic E-state index is -4.50. The van der Waals surface area contributed by atoms with Crippen molar-refractivity contribution in [3.8, 4) is 0 Å². The molecule has 1 heterocycles. The van der Waals surface area contributed by atoms with E-state index in [-0.39, 0.29) is 54.3 Å². The van der Waals surface area contributed by atoms with E-state index in [9.17, 15) is 27.9 Å². The molecule has 4 bridgehead atoms. The molecule has 0 amide bonds. The molecule has 7 rings (SSSR count). The van der Waals surface area contributed by atoms with E-state index in [1.54, 1.807) is 43.3 Å². The van der Waals surface area contributed by atoms with Gasteiger partial charge in [-0.25, -0.2) is 4.79 Å². The van der Waals surface area contributed by atoms with Crippen LogP contribution in [0, 0.1) is 52.8 Å². The van der Waals surface area contributed by atoms with Crippen LogP contribution in [0.4, 0.5) is 4.79 Å². The van der Waals surface area contributed by atoms with Gasteiger partial charge in [0.05, 0.1) is 29.6 Å². The average molecular weight is 807 g/mol. The Kier molecular flexibility index (Phi) is 11.4. The molecular weight excluding hydrogens is 753 g/mol. The highest BCUT2D eigenvalue weighted by atomic mass is 32.2. The SMILES string of the molecule is C=CCO[C@H]1[C@@H](OS(=O)(=O)c2ccc(C)cc2)[C@H](OC(=O)OCc2ccccc2)[C@H](OCC23CC4C(C)CCC4C4(C=O)CC2C=C(C(C)C)C43C(=O)O)O[C@@H]1C. The van der Waals surface area contributed by atoms with Crippen molar-refractivity contribution in [1.29, 1.82) is 0 Å². The molecule has 1 aliphatic heterocycles. The topological polar surface area (TPSA) is 161 Å². The first kappa shape index (κ1) is 41.3. The molecule has 57 heavy (non-hydrogen) atoms. The molecule has 0 spiro atoms. The molecule has 4 aliphatic carbocycles. The largest absolute Gasteiger partial charge is 0.509 e. The first-order chi connectivity index (χ1) is 27.2. The number of carbonyl (C=O) groups excluding carboxylic acids is 2. The number of ether oxygens (including phenoxy) is 5. The van der Waals surface area contributed by atoms with Crippen molar-refractivity contribution in [2.75, 3.05) is 13.2 Å². The monoisotopic (exact) mass is 806 g/mol. The van der Waals surface area contributed by atoms with E-state index >= 15 is 0 Å². The minimum Gasteiger partial charge on any atom is -0.481 e. The van der Waals surface area contributed by atoms with Crippen molar-refractivity contribution < 1.29 is 55.8 Å². The molecule has 308 valence electrons. The Labute approximate surface area is 335 Å². The van der Waals surface area contributed by atoms with E-state index in [0.29, 0.717) is 18.4 Å². The van der Waals surface area contributed by atoms with Gasteiger partial charge >= 0.3 is 12.1 Å². The number of carboxylic acids is 1. The smallest absolute Gasteiger partial charge is 0.481 e. The number of rotatable bonds is 15. The highest BCUT2D eigenvalue weighted by Crippen LogP contribution is 2.82. The summed E-state index contributed by atoms with van der Waals surface area (Å²) in [7, 11) is -4.50. The number of carbonyl (C=O) groups is 3. The third-order valence-corrected chi connectivity index (χ3v) is 15.1. The Morgan fingerprint density at radius 1 is 1.00 bits per heavy atom. The van der Waals surface area contributed by atoms with Gasteiger partial charge in [-0.3, -0.25) is 8.98 Å². The lowest BCUT2D eigenvalue weighted by Gasteiger charge is -2.58. The maximum Gasteiger partial charge on any atom is 0.509 e. The molecule has 12 atom stereocenters. The van der Waals surface area contributed by atoms with Gasteiger partial charge in [0.1, 0.15) is 30.5 Å². The number of hydrogen-bond acceptors (Lipinski definition) is 11. The van der Waals surface area contributed by atoms with Crippen LogP contribution in [0.25, 0.3) is 0 Å². The molecule has 2 aromatic carbocycles. The van der Waals surface area contributed by atoms with Crippen LogP contribution in [-0.4, -0.2) is 75.9 Å². The zero-order valence-corrected chi connectivity index (χ0v) is 34.0. The average Bonchev–Trinajstić information content (AvgIpc) is 3.75. The van der Waals surface area contributed by atoms with Crippen LogP contribution in [0.5, 0.6) is 0 Å². The van der Waals surface area contributed by atoms with Crippen molar-refractivity contribution in [3.63, 3.8) is 0 Å². The Morgan fingerprint density at radius 3 is 2.37 bits per heavy atom. The number of aliphatic carboxylic acids is 1. The summed E-state index contributed by atoms with van der Waals surface area (Å²) in [6, 6.07) is 15.1. The second-order valence-electron chi connectivity index (χ2n) is 17.0. The van der Waals surface area contributed by atoms with E-state index in [1.807, 2.05) is 26.8 Å². The van der Waals surface area contributed by atoms with E-state index in [2.05, 4.69) is 19.6 Å². The third kappa shape index (κ3) is 6.67. The Morgan fingerprint density at radius 2 is 1.72 bits per heavy atom. The number of hydrogen-bond donors (Lipinski definition) is 1. The van der Waals surface area contributed by atoms with Gasteiger partial charge in [-0.05, 0) is 80.4 Å². The van der Waals surface area contributed by atoms with Crippen LogP contribution >= 0.6 is 0 Å². The van der Waals surface area contributed by atoms with Crippen LogP contribution < -0.4 is 0 Å². The second-order valence-corrected chi connectivity index (χ2v) is 18.6. The maximum absolute atomic E-state index is 14.1. The van der Waals surface area contributed by atoms with E-state index < -0.39 is 69.2 Å². The summed E-state index contributed by atoms with van der Waals surface area (Å²) in [6.07, 6.45) is -0.588. The van der Waals surface area contributed by atoms with Gasteiger partial charge in [-0.15, -0.1) is 6.58 Å². The summed E-state index contributed by atoms with van der Waals surface area (Å²) in [6.45, 7) is 13.0. The normalized spacial score (nSPS) is 36.7. The van der Waals surface area contributed by atoms with Gasteiger partial charge in [-0.2, -0.15) is 8.42 Å². The number of benzene rings is 2. The summed E-state index contributed by atoms with van der Waals surface area (Å²) >= 11 is 0. The number of aryl methyl sites for hydroxylation is 1. The molecule has 12 nitrogen and oxygen atoms in total. The fourth-order valence-electron chi connectivity index (χ4n) is 11.4. The van der Waals surface area contributed by atoms with Crippen molar-refractivity contribution in [3.05, 3.63) is 90.0 Å². The van der Waals surface area contributed by atoms with Crippen molar-refractivity contribution in [1.82, 2.24) is 0 Å². The van der Waals surface area contributed by atoms with Crippen LogP contribution in [0.2, 0.25) is 0 Å². The summed E-state index contributed by atoms with van der Waals surface area (Å²) in [5.74, 6) is -1.22. The summed E-state index contributed by atoms with van der Waals surface area (Å²) in [4.78, 5) is 41.1. The zero-order valence-electron chi connectivity index (χ0n) is 33.2. The van der Waals surface area contributed by atoms with E-state index in [0.717, 1.165) is 30.3 Å². The fraction of sp³-hybridized carbons (Fsp3) is 0.568. The number of aldehydes is 1. The van der Waals surface area contributed by atoms with Crippen LogP contribution in [0.15, 0.2) is 83.8 Å². The van der Waals surface area contributed by atoms with Crippen LogP contribution in [0.1, 0.15) is 64.5 Å². The molecule has 1 N–H and O–H groups in total. The first-order valence-electron chi connectivity index (χ1n) is 19.9. The Bertz CT molecular complexity index is 1980. The van der Waals surface area contributed by atoms with E-state index in [4.69, 9.17) is 27.9 Å². The van der Waals surface area contributed by atoms with Crippen molar-refractivity contribution >= 4 is 28.5 Å². The minimum absolute atomic E-state index is 0.0103. The quantitative estimate of drug-likeness (QED) is 0.0847. The predicted octanol–water partition coefficient (Wildman–Crippen LogP) is 7.05. The lowest BCUT2D eigenvalue weighted by molar-refractivity contribution is -0.305. The molecule has 0 radical (unpaired) electrons. The van der Waals surface area contributed by atoms with E-state index in [1.165, 1.54) is 18.2 Å². The third-order valence-electron chi connectivity index (χ3n) is 13.7. The second kappa shape index (κ2) is 15.7. The number of allylic oxidation sites excluding steroid dienone is 1. The summed E-state index contributed by atoms with van der Waals surface area (Å²) in [5, 5.41) is 11.5. The molecule has 13 heteroatoms. The molecule has 2 aromatic rings. The molecule has 4 fully saturated rings. The van der Waals surface area contributed by atoms with Crippen LogP contribution in [-0.2, 0) is 54.2 Å². The Hall–Kier alpha value is -3.88. The fourth-order valence-corrected chi connectivity index (χ4v) is 12.5. The van der Waals surface area contributed by atoms with Gasteiger partial charge < -0.3 is 33.6 Å².